The lowest BCUT2D eigenvalue weighted by molar-refractivity contribution is -0.137. The molecule has 0 aliphatic rings. The molecule has 0 amide bonds. The number of halogens is 3. The summed E-state index contributed by atoms with van der Waals surface area (Å²) in [6.07, 6.45) is -4.43. The predicted molar refractivity (Wildman–Crippen MR) is 89.7 cm³/mol. The Labute approximate surface area is 147 Å². The molecule has 0 aliphatic carbocycles. The van der Waals surface area contributed by atoms with E-state index in [1.165, 1.54) is 23.9 Å². The first-order valence-corrected chi connectivity index (χ1v) is 7.46. The standard InChI is InChI=1S/C18H13F3N4O/c1-26-14-8-6-13(7-9-14)25-17(23)15(10-22)16(24-25)11-2-4-12(5-3-11)18(19,20)21/h2-9H,23H2,1H3. The van der Waals surface area contributed by atoms with E-state index in [2.05, 4.69) is 5.10 Å². The zero-order valence-electron chi connectivity index (χ0n) is 13.6. The van der Waals surface area contributed by atoms with Crippen molar-refractivity contribution in [3.63, 3.8) is 0 Å². The number of aromatic nitrogens is 2. The Morgan fingerprint density at radius 3 is 2.19 bits per heavy atom. The monoisotopic (exact) mass is 358 g/mol. The van der Waals surface area contributed by atoms with Crippen molar-refractivity contribution in [2.75, 3.05) is 12.8 Å². The fourth-order valence-corrected chi connectivity index (χ4v) is 2.48. The normalized spacial score (nSPS) is 11.2. The molecule has 0 spiro atoms. The zero-order valence-corrected chi connectivity index (χ0v) is 13.6. The molecule has 1 heterocycles. The van der Waals surface area contributed by atoms with E-state index in [4.69, 9.17) is 10.5 Å². The highest BCUT2D eigenvalue weighted by Crippen LogP contribution is 2.33. The summed E-state index contributed by atoms with van der Waals surface area (Å²) in [5, 5.41) is 13.7. The molecule has 1 aromatic heterocycles. The molecule has 8 heteroatoms. The summed E-state index contributed by atoms with van der Waals surface area (Å²) >= 11 is 0. The number of nitrogens with zero attached hydrogens (tertiary/aromatic N) is 3. The van der Waals surface area contributed by atoms with Crippen molar-refractivity contribution >= 4 is 5.82 Å². The molecule has 3 rings (SSSR count). The summed E-state index contributed by atoms with van der Waals surface area (Å²) in [4.78, 5) is 0. The van der Waals surface area contributed by atoms with Gasteiger partial charge in [-0.25, -0.2) is 4.68 Å². The van der Waals surface area contributed by atoms with Gasteiger partial charge in [-0.05, 0) is 36.4 Å². The highest BCUT2D eigenvalue weighted by atomic mass is 19.4. The molecule has 0 saturated carbocycles. The molecular weight excluding hydrogens is 345 g/mol. The Morgan fingerprint density at radius 1 is 1.08 bits per heavy atom. The molecule has 0 fully saturated rings. The van der Waals surface area contributed by atoms with Gasteiger partial charge < -0.3 is 10.5 Å². The SMILES string of the molecule is COc1ccc(-n2nc(-c3ccc(C(F)(F)F)cc3)c(C#N)c2N)cc1. The molecule has 0 atom stereocenters. The minimum absolute atomic E-state index is 0.0978. The van der Waals surface area contributed by atoms with Crippen LogP contribution in [0.1, 0.15) is 11.1 Å². The highest BCUT2D eigenvalue weighted by molar-refractivity contribution is 5.74. The number of rotatable bonds is 3. The Hall–Kier alpha value is -3.47. The number of anilines is 1. The maximum atomic E-state index is 12.7. The summed E-state index contributed by atoms with van der Waals surface area (Å²) < 4.78 is 44.6. The van der Waals surface area contributed by atoms with Gasteiger partial charge in [-0.15, -0.1) is 0 Å². The van der Waals surface area contributed by atoms with Gasteiger partial charge in [0.15, 0.2) is 0 Å². The summed E-state index contributed by atoms with van der Waals surface area (Å²) in [5.41, 5.74) is 6.52. The van der Waals surface area contributed by atoms with Gasteiger partial charge in [0, 0.05) is 5.56 Å². The van der Waals surface area contributed by atoms with Crippen LogP contribution in [0.15, 0.2) is 48.5 Å². The molecular formula is C18H13F3N4O. The summed E-state index contributed by atoms with van der Waals surface area (Å²) in [7, 11) is 1.54. The number of hydrogen-bond donors (Lipinski definition) is 1. The largest absolute Gasteiger partial charge is 0.497 e. The molecule has 0 saturated heterocycles. The Balaban J connectivity index is 2.07. The third-order valence-corrected chi connectivity index (χ3v) is 3.84. The number of alkyl halides is 3. The Morgan fingerprint density at radius 2 is 1.69 bits per heavy atom. The van der Waals surface area contributed by atoms with Gasteiger partial charge in [0.2, 0.25) is 0 Å². The second kappa shape index (κ2) is 6.44. The number of nitrogens with two attached hydrogens (primary N) is 1. The number of nitriles is 1. The molecule has 0 unspecified atom stereocenters. The fourth-order valence-electron chi connectivity index (χ4n) is 2.48. The predicted octanol–water partition coefficient (Wildman–Crippen LogP) is 4.02. The van der Waals surface area contributed by atoms with Gasteiger partial charge in [0.05, 0.1) is 18.4 Å². The van der Waals surface area contributed by atoms with Crippen LogP contribution >= 0.6 is 0 Å². The molecule has 3 aromatic rings. The minimum atomic E-state index is -4.43. The Kier molecular flexibility index (Phi) is 4.30. The van der Waals surface area contributed by atoms with Crippen LogP contribution in [0.5, 0.6) is 5.75 Å². The van der Waals surface area contributed by atoms with Crippen molar-refractivity contribution in [2.45, 2.75) is 6.18 Å². The first-order valence-electron chi connectivity index (χ1n) is 7.46. The quantitative estimate of drug-likeness (QED) is 0.767. The van der Waals surface area contributed by atoms with Gasteiger partial charge in [-0.3, -0.25) is 0 Å². The van der Waals surface area contributed by atoms with Gasteiger partial charge in [-0.2, -0.15) is 23.5 Å². The van der Waals surface area contributed by atoms with E-state index in [0.717, 1.165) is 12.1 Å². The third kappa shape index (κ3) is 3.07. The smallest absolute Gasteiger partial charge is 0.416 e. The fraction of sp³-hybridized carbons (Fsp3) is 0.111. The van der Waals surface area contributed by atoms with Crippen molar-refractivity contribution in [1.82, 2.24) is 9.78 Å². The first-order chi connectivity index (χ1) is 12.3. The first kappa shape index (κ1) is 17.4. The lowest BCUT2D eigenvalue weighted by Crippen LogP contribution is -2.04. The average Bonchev–Trinajstić information content (AvgIpc) is 2.97. The molecule has 5 nitrogen and oxygen atoms in total. The zero-order chi connectivity index (χ0) is 18.9. The minimum Gasteiger partial charge on any atom is -0.497 e. The van der Waals surface area contributed by atoms with Gasteiger partial charge in [0.25, 0.3) is 0 Å². The lowest BCUT2D eigenvalue weighted by atomic mass is 10.1. The number of hydrogen-bond acceptors (Lipinski definition) is 4. The maximum Gasteiger partial charge on any atom is 0.416 e. The number of ether oxygens (including phenoxy) is 1. The molecule has 2 N–H and O–H groups in total. The van der Waals surface area contributed by atoms with Crippen LogP contribution in [-0.4, -0.2) is 16.9 Å². The van der Waals surface area contributed by atoms with Crippen LogP contribution in [-0.2, 0) is 6.18 Å². The third-order valence-electron chi connectivity index (χ3n) is 3.84. The van der Waals surface area contributed by atoms with E-state index in [0.29, 0.717) is 17.0 Å². The maximum absolute atomic E-state index is 12.7. The van der Waals surface area contributed by atoms with Crippen LogP contribution < -0.4 is 10.5 Å². The summed E-state index contributed by atoms with van der Waals surface area (Å²) in [6, 6.07) is 13.2. The van der Waals surface area contributed by atoms with E-state index in [-0.39, 0.29) is 17.1 Å². The summed E-state index contributed by atoms with van der Waals surface area (Å²) in [5.74, 6) is 0.746. The molecule has 0 radical (unpaired) electrons. The lowest BCUT2D eigenvalue weighted by Gasteiger charge is -2.06. The molecule has 132 valence electrons. The van der Waals surface area contributed by atoms with Crippen molar-refractivity contribution < 1.29 is 17.9 Å². The molecule has 2 aromatic carbocycles. The van der Waals surface area contributed by atoms with E-state index >= 15 is 0 Å². The van der Waals surface area contributed by atoms with Crippen molar-refractivity contribution in [3.05, 3.63) is 59.7 Å². The average molecular weight is 358 g/mol. The molecule has 26 heavy (non-hydrogen) atoms. The van der Waals surface area contributed by atoms with Crippen LogP contribution in [0, 0.1) is 11.3 Å². The number of nitrogen functional groups attached to an aromatic ring is 1. The van der Waals surface area contributed by atoms with Gasteiger partial charge in [-0.1, -0.05) is 12.1 Å². The van der Waals surface area contributed by atoms with Crippen molar-refractivity contribution in [1.29, 1.82) is 5.26 Å². The van der Waals surface area contributed by atoms with Crippen molar-refractivity contribution in [2.24, 2.45) is 0 Å². The molecule has 0 bridgehead atoms. The van der Waals surface area contributed by atoms with E-state index < -0.39 is 11.7 Å². The Bertz CT molecular complexity index is 968. The van der Waals surface area contributed by atoms with Crippen LogP contribution in [0.4, 0.5) is 19.0 Å². The second-order valence-electron chi connectivity index (χ2n) is 5.41. The van der Waals surface area contributed by atoms with Crippen molar-refractivity contribution in [3.8, 4) is 28.8 Å². The van der Waals surface area contributed by atoms with Gasteiger partial charge in [0.1, 0.15) is 28.9 Å². The summed E-state index contributed by atoms with van der Waals surface area (Å²) in [6.45, 7) is 0. The van der Waals surface area contributed by atoms with Gasteiger partial charge >= 0.3 is 6.18 Å². The van der Waals surface area contributed by atoms with Crippen LogP contribution in [0.25, 0.3) is 16.9 Å². The highest BCUT2D eigenvalue weighted by Gasteiger charge is 2.30. The van der Waals surface area contributed by atoms with Crippen LogP contribution in [0.2, 0.25) is 0 Å². The van der Waals surface area contributed by atoms with Crippen LogP contribution in [0.3, 0.4) is 0 Å². The number of benzene rings is 2. The number of methoxy groups -OCH3 is 1. The topological polar surface area (TPSA) is 76.9 Å². The molecule has 0 aliphatic heterocycles. The second-order valence-corrected chi connectivity index (χ2v) is 5.41. The van der Waals surface area contributed by atoms with E-state index in [1.807, 2.05) is 6.07 Å². The van der Waals surface area contributed by atoms with E-state index in [1.54, 1.807) is 24.3 Å². The van der Waals surface area contributed by atoms with E-state index in [9.17, 15) is 18.4 Å².